The number of rotatable bonds is 5. The van der Waals surface area contributed by atoms with E-state index in [1.165, 1.54) is 11.3 Å². The molecule has 2 aromatic heterocycles. The Labute approximate surface area is 163 Å². The Hall–Kier alpha value is -2.52. The summed E-state index contributed by atoms with van der Waals surface area (Å²) < 4.78 is 43.8. The molecule has 1 saturated heterocycles. The SMILES string of the molecule is Cc1ncsc1COc1ccc2oc(C)c(C(=O)NC3COCC3(F)F)c2c1. The number of hydrogen-bond donors (Lipinski definition) is 1. The van der Waals surface area contributed by atoms with Gasteiger partial charge in [0, 0.05) is 5.39 Å². The molecule has 1 aliphatic rings. The molecule has 4 rings (SSSR count). The number of carbonyl (C=O) groups is 1. The molecule has 148 valence electrons. The van der Waals surface area contributed by atoms with Gasteiger partial charge in [0.2, 0.25) is 0 Å². The maximum atomic E-state index is 13.8. The number of benzene rings is 1. The van der Waals surface area contributed by atoms with Crippen LogP contribution in [0, 0.1) is 13.8 Å². The van der Waals surface area contributed by atoms with Crippen LogP contribution in [0.25, 0.3) is 11.0 Å². The molecule has 1 N–H and O–H groups in total. The van der Waals surface area contributed by atoms with Crippen molar-refractivity contribution in [2.45, 2.75) is 32.4 Å². The topological polar surface area (TPSA) is 73.6 Å². The highest BCUT2D eigenvalue weighted by molar-refractivity contribution is 7.09. The molecule has 1 aromatic carbocycles. The largest absolute Gasteiger partial charge is 0.488 e. The van der Waals surface area contributed by atoms with Crippen molar-refractivity contribution >= 4 is 28.2 Å². The lowest BCUT2D eigenvalue weighted by molar-refractivity contribution is -0.0227. The van der Waals surface area contributed by atoms with Gasteiger partial charge in [-0.25, -0.2) is 13.8 Å². The van der Waals surface area contributed by atoms with Crippen LogP contribution in [0.5, 0.6) is 5.75 Å². The number of carbonyl (C=O) groups excluding carboxylic acids is 1. The van der Waals surface area contributed by atoms with Gasteiger partial charge in [-0.05, 0) is 32.0 Å². The molecule has 3 heterocycles. The van der Waals surface area contributed by atoms with Gasteiger partial charge in [0.05, 0.1) is 28.3 Å². The molecule has 0 radical (unpaired) electrons. The molecule has 1 atom stereocenters. The lowest BCUT2D eigenvalue weighted by Gasteiger charge is -2.18. The molecule has 0 aliphatic carbocycles. The first-order chi connectivity index (χ1) is 13.3. The first-order valence-electron chi connectivity index (χ1n) is 8.66. The summed E-state index contributed by atoms with van der Waals surface area (Å²) in [6, 6.07) is 3.75. The predicted molar refractivity (Wildman–Crippen MR) is 99.2 cm³/mol. The van der Waals surface area contributed by atoms with E-state index in [2.05, 4.69) is 10.3 Å². The number of aromatic nitrogens is 1. The highest BCUT2D eigenvalue weighted by atomic mass is 32.1. The van der Waals surface area contributed by atoms with E-state index in [0.29, 0.717) is 29.1 Å². The van der Waals surface area contributed by atoms with Gasteiger partial charge >= 0.3 is 0 Å². The van der Waals surface area contributed by atoms with Gasteiger partial charge in [-0.2, -0.15) is 0 Å². The molecule has 1 fully saturated rings. The number of aryl methyl sites for hydroxylation is 2. The number of halogens is 2. The number of alkyl halides is 2. The zero-order valence-electron chi connectivity index (χ0n) is 15.3. The Balaban J connectivity index is 1.58. The molecule has 0 saturated carbocycles. The lowest BCUT2D eigenvalue weighted by atomic mass is 10.1. The third-order valence-electron chi connectivity index (χ3n) is 4.67. The molecular weight excluding hydrogens is 390 g/mol. The Morgan fingerprint density at radius 1 is 1.43 bits per heavy atom. The van der Waals surface area contributed by atoms with Crippen LogP contribution in [0.2, 0.25) is 0 Å². The van der Waals surface area contributed by atoms with Gasteiger partial charge in [-0.3, -0.25) is 4.79 Å². The molecule has 1 amide bonds. The van der Waals surface area contributed by atoms with E-state index in [9.17, 15) is 13.6 Å². The standard InChI is InChI=1S/C19H18F2N2O4S/c1-10-15(28-9-22-10)6-26-12-3-4-14-13(5-12)17(11(2)27-14)18(24)23-16-7-25-8-19(16,20)21/h3-5,9,16H,6-8H2,1-2H3,(H,23,24). The minimum atomic E-state index is -3.09. The minimum Gasteiger partial charge on any atom is -0.488 e. The predicted octanol–water partition coefficient (Wildman–Crippen LogP) is 3.85. The number of nitrogens with zero attached hydrogens (tertiary/aromatic N) is 1. The van der Waals surface area contributed by atoms with E-state index in [4.69, 9.17) is 13.9 Å². The van der Waals surface area contributed by atoms with E-state index in [-0.39, 0.29) is 12.2 Å². The number of furan rings is 1. The van der Waals surface area contributed by atoms with Crippen molar-refractivity contribution in [3.8, 4) is 5.75 Å². The number of hydrogen-bond acceptors (Lipinski definition) is 6. The smallest absolute Gasteiger partial charge is 0.292 e. The van der Waals surface area contributed by atoms with E-state index >= 15 is 0 Å². The van der Waals surface area contributed by atoms with E-state index in [1.807, 2.05) is 6.92 Å². The number of ether oxygens (including phenoxy) is 2. The highest BCUT2D eigenvalue weighted by Crippen LogP contribution is 2.31. The zero-order valence-corrected chi connectivity index (χ0v) is 16.1. The maximum Gasteiger partial charge on any atom is 0.292 e. The normalized spacial score (nSPS) is 18.5. The Morgan fingerprint density at radius 3 is 2.93 bits per heavy atom. The molecule has 28 heavy (non-hydrogen) atoms. The van der Waals surface area contributed by atoms with Crippen LogP contribution in [0.4, 0.5) is 8.78 Å². The average Bonchev–Trinajstić information content (AvgIpc) is 3.29. The average molecular weight is 408 g/mol. The Bertz CT molecular complexity index is 1030. The van der Waals surface area contributed by atoms with Gasteiger partial charge in [0.15, 0.2) is 0 Å². The molecule has 3 aromatic rings. The van der Waals surface area contributed by atoms with Gasteiger partial charge < -0.3 is 19.2 Å². The van der Waals surface area contributed by atoms with Crippen molar-refractivity contribution in [3.05, 3.63) is 45.6 Å². The molecule has 9 heteroatoms. The minimum absolute atomic E-state index is 0.220. The van der Waals surface area contributed by atoms with Gasteiger partial charge in [0.25, 0.3) is 11.8 Å². The van der Waals surface area contributed by atoms with Crippen molar-refractivity contribution < 1.29 is 27.5 Å². The molecular formula is C19H18F2N2O4S. The van der Waals surface area contributed by atoms with E-state index in [0.717, 1.165) is 10.6 Å². The van der Waals surface area contributed by atoms with Crippen LogP contribution >= 0.6 is 11.3 Å². The third kappa shape index (κ3) is 3.47. The summed E-state index contributed by atoms with van der Waals surface area (Å²) in [5.41, 5.74) is 3.36. The molecule has 0 bridgehead atoms. The summed E-state index contributed by atoms with van der Waals surface area (Å²) in [5.74, 6) is -2.82. The molecule has 6 nitrogen and oxygen atoms in total. The van der Waals surface area contributed by atoms with Crippen LogP contribution in [0.15, 0.2) is 28.1 Å². The zero-order chi connectivity index (χ0) is 19.9. The lowest BCUT2D eigenvalue weighted by Crippen LogP contribution is -2.46. The molecule has 0 spiro atoms. The fourth-order valence-corrected chi connectivity index (χ4v) is 3.79. The maximum absolute atomic E-state index is 13.8. The highest BCUT2D eigenvalue weighted by Gasteiger charge is 2.46. The number of amides is 1. The van der Waals surface area contributed by atoms with Crippen molar-refractivity contribution in [3.63, 3.8) is 0 Å². The number of fused-ring (bicyclic) bond motifs is 1. The van der Waals surface area contributed by atoms with Crippen molar-refractivity contribution in [2.24, 2.45) is 0 Å². The van der Waals surface area contributed by atoms with Crippen molar-refractivity contribution in [2.75, 3.05) is 13.2 Å². The molecule has 1 unspecified atom stereocenters. The Kier molecular flexibility index (Phi) is 4.80. The Morgan fingerprint density at radius 2 is 2.25 bits per heavy atom. The first-order valence-corrected chi connectivity index (χ1v) is 9.54. The second-order valence-electron chi connectivity index (χ2n) is 6.64. The summed E-state index contributed by atoms with van der Waals surface area (Å²) in [5, 5.41) is 2.87. The second-order valence-corrected chi connectivity index (χ2v) is 7.58. The van der Waals surface area contributed by atoms with Gasteiger partial charge in [-0.15, -0.1) is 11.3 Å². The van der Waals surface area contributed by atoms with Gasteiger partial charge in [0.1, 0.15) is 36.3 Å². The van der Waals surface area contributed by atoms with E-state index in [1.54, 1.807) is 30.6 Å². The third-order valence-corrected chi connectivity index (χ3v) is 5.58. The van der Waals surface area contributed by atoms with Crippen LogP contribution in [-0.2, 0) is 11.3 Å². The van der Waals surface area contributed by atoms with Crippen LogP contribution in [0.3, 0.4) is 0 Å². The number of thiazole rings is 1. The fraction of sp³-hybridized carbons (Fsp3) is 0.368. The summed E-state index contributed by atoms with van der Waals surface area (Å²) in [7, 11) is 0. The van der Waals surface area contributed by atoms with Crippen molar-refractivity contribution in [1.29, 1.82) is 0 Å². The number of nitrogens with one attached hydrogen (secondary N) is 1. The quantitative estimate of drug-likeness (QED) is 0.694. The van der Waals surface area contributed by atoms with E-state index < -0.39 is 24.5 Å². The molecule has 1 aliphatic heterocycles. The first kappa shape index (κ1) is 18.8. The summed E-state index contributed by atoms with van der Waals surface area (Å²) in [6.07, 6.45) is 0. The van der Waals surface area contributed by atoms with Crippen LogP contribution in [-0.4, -0.2) is 36.1 Å². The van der Waals surface area contributed by atoms with Gasteiger partial charge in [-0.1, -0.05) is 0 Å². The fourth-order valence-electron chi connectivity index (χ4n) is 3.10. The summed E-state index contributed by atoms with van der Waals surface area (Å²) >= 11 is 1.50. The van der Waals surface area contributed by atoms with Crippen molar-refractivity contribution in [1.82, 2.24) is 10.3 Å². The van der Waals surface area contributed by atoms with Crippen LogP contribution in [0.1, 0.15) is 26.7 Å². The van der Waals surface area contributed by atoms with Crippen LogP contribution < -0.4 is 10.1 Å². The monoisotopic (exact) mass is 408 g/mol. The summed E-state index contributed by atoms with van der Waals surface area (Å²) in [4.78, 5) is 17.9. The summed E-state index contributed by atoms with van der Waals surface area (Å²) in [6.45, 7) is 2.96. The second kappa shape index (κ2) is 7.14.